The summed E-state index contributed by atoms with van der Waals surface area (Å²) >= 11 is 1.22. The monoisotopic (exact) mass is 286 g/mol. The van der Waals surface area contributed by atoms with Crippen molar-refractivity contribution < 1.29 is 22.7 Å². The number of ether oxygens (including phenoxy) is 1. The summed E-state index contributed by atoms with van der Waals surface area (Å²) in [6.45, 7) is -0.409. The van der Waals surface area contributed by atoms with E-state index in [1.807, 2.05) is 0 Å². The van der Waals surface area contributed by atoms with Crippen molar-refractivity contribution in [2.75, 3.05) is 6.61 Å². The Labute approximate surface area is 111 Å². The van der Waals surface area contributed by atoms with E-state index in [-0.39, 0.29) is 11.5 Å². The summed E-state index contributed by atoms with van der Waals surface area (Å²) in [4.78, 5) is 12.1. The van der Waals surface area contributed by atoms with Gasteiger partial charge in [-0.05, 0) is 23.6 Å². The van der Waals surface area contributed by atoms with E-state index in [0.29, 0.717) is 4.88 Å². The fraction of sp³-hybridized carbons (Fsp3) is 0.154. The highest BCUT2D eigenvalue weighted by atomic mass is 32.1. The van der Waals surface area contributed by atoms with E-state index in [0.717, 1.165) is 6.07 Å². The largest absolute Gasteiger partial charge is 0.485 e. The van der Waals surface area contributed by atoms with Gasteiger partial charge in [0, 0.05) is 0 Å². The quantitative estimate of drug-likeness (QED) is 0.793. The summed E-state index contributed by atoms with van der Waals surface area (Å²) < 4.78 is 43.0. The molecule has 0 bridgehead atoms. The molecule has 0 saturated carbocycles. The third-order valence-corrected chi connectivity index (χ3v) is 3.26. The molecule has 1 aromatic carbocycles. The van der Waals surface area contributed by atoms with Gasteiger partial charge >= 0.3 is 6.18 Å². The Morgan fingerprint density at radius 1 is 1.16 bits per heavy atom. The first kappa shape index (κ1) is 13.6. The van der Waals surface area contributed by atoms with E-state index in [4.69, 9.17) is 4.74 Å². The van der Waals surface area contributed by atoms with Crippen LogP contribution in [0.15, 0.2) is 41.8 Å². The van der Waals surface area contributed by atoms with Gasteiger partial charge in [-0.3, -0.25) is 4.79 Å². The van der Waals surface area contributed by atoms with Crippen molar-refractivity contribution in [2.45, 2.75) is 6.18 Å². The highest BCUT2D eigenvalue weighted by molar-refractivity contribution is 7.12. The number of carbonyl (C=O) groups excluding carboxylic acids is 1. The molecule has 0 radical (unpaired) electrons. The Bertz CT molecular complexity index is 562. The zero-order valence-corrected chi connectivity index (χ0v) is 10.4. The second-order valence-corrected chi connectivity index (χ2v) is 4.63. The molecule has 2 aromatic rings. The Morgan fingerprint density at radius 2 is 1.89 bits per heavy atom. The molecule has 0 spiro atoms. The molecular formula is C13H9F3O2S. The van der Waals surface area contributed by atoms with Crippen LogP contribution in [0.1, 0.15) is 15.2 Å². The first-order valence-corrected chi connectivity index (χ1v) is 6.22. The fourth-order valence-electron chi connectivity index (χ4n) is 1.48. The van der Waals surface area contributed by atoms with Crippen molar-refractivity contribution >= 4 is 17.1 Å². The molecule has 100 valence electrons. The minimum Gasteiger partial charge on any atom is -0.485 e. The molecule has 0 unspecified atom stereocenters. The molecule has 0 atom stereocenters. The molecule has 6 heteroatoms. The van der Waals surface area contributed by atoms with Crippen LogP contribution in [0, 0.1) is 0 Å². The number of ketones is 1. The average Bonchev–Trinajstić information content (AvgIpc) is 2.89. The Morgan fingerprint density at radius 3 is 2.53 bits per heavy atom. The number of hydrogen-bond donors (Lipinski definition) is 0. The van der Waals surface area contributed by atoms with Crippen LogP contribution in [0.3, 0.4) is 0 Å². The van der Waals surface area contributed by atoms with Gasteiger partial charge in [-0.15, -0.1) is 11.3 Å². The molecule has 1 aromatic heterocycles. The normalized spacial score (nSPS) is 11.3. The van der Waals surface area contributed by atoms with Crippen molar-refractivity contribution in [2.24, 2.45) is 0 Å². The van der Waals surface area contributed by atoms with Crippen molar-refractivity contribution in [1.82, 2.24) is 0 Å². The van der Waals surface area contributed by atoms with Crippen LogP contribution >= 0.6 is 11.3 Å². The van der Waals surface area contributed by atoms with Crippen LogP contribution < -0.4 is 4.74 Å². The molecule has 1 heterocycles. The molecule has 2 rings (SSSR count). The molecule has 0 fully saturated rings. The summed E-state index contributed by atoms with van der Waals surface area (Å²) in [6.07, 6.45) is -4.50. The summed E-state index contributed by atoms with van der Waals surface area (Å²) in [6, 6.07) is 8.13. The predicted molar refractivity (Wildman–Crippen MR) is 65.6 cm³/mol. The van der Waals surface area contributed by atoms with Crippen molar-refractivity contribution in [3.8, 4) is 5.75 Å². The third kappa shape index (κ3) is 3.35. The molecule has 0 aliphatic carbocycles. The number of Topliss-reactive ketones (excluding diaryl/α,β-unsaturated/α-hetero) is 1. The van der Waals surface area contributed by atoms with Gasteiger partial charge in [0.25, 0.3) is 0 Å². The fourth-order valence-corrected chi connectivity index (χ4v) is 2.13. The number of thiophene rings is 1. The molecule has 0 N–H and O–H groups in total. The van der Waals surface area contributed by atoms with Gasteiger partial charge in [0.1, 0.15) is 5.75 Å². The maximum atomic E-state index is 12.7. The lowest BCUT2D eigenvalue weighted by Gasteiger charge is -2.12. The minimum atomic E-state index is -4.50. The second kappa shape index (κ2) is 5.44. The summed E-state index contributed by atoms with van der Waals surface area (Å²) in [5.74, 6) is -0.674. The first-order chi connectivity index (χ1) is 8.98. The standard InChI is InChI=1S/C13H9F3O2S/c14-13(15,16)9-4-1-2-5-11(9)18-8-10(17)12-6-3-7-19-12/h1-7H,8H2. The highest BCUT2D eigenvalue weighted by Gasteiger charge is 2.34. The number of para-hydroxylation sites is 1. The Kier molecular flexibility index (Phi) is 3.90. The number of alkyl halides is 3. The maximum Gasteiger partial charge on any atom is 0.419 e. The lowest BCUT2D eigenvalue weighted by Crippen LogP contribution is -2.14. The topological polar surface area (TPSA) is 26.3 Å². The number of rotatable bonds is 4. The summed E-state index contributed by atoms with van der Waals surface area (Å²) in [7, 11) is 0. The number of carbonyl (C=O) groups is 1. The minimum absolute atomic E-state index is 0.333. The lowest BCUT2D eigenvalue weighted by atomic mass is 10.2. The Balaban J connectivity index is 2.10. The van der Waals surface area contributed by atoms with Crippen molar-refractivity contribution in [3.63, 3.8) is 0 Å². The van der Waals surface area contributed by atoms with Crippen LogP contribution in [0.2, 0.25) is 0 Å². The van der Waals surface area contributed by atoms with E-state index >= 15 is 0 Å². The van der Waals surface area contributed by atoms with Crippen LogP contribution in [-0.2, 0) is 6.18 Å². The molecular weight excluding hydrogens is 277 g/mol. The highest BCUT2D eigenvalue weighted by Crippen LogP contribution is 2.35. The van der Waals surface area contributed by atoms with Crippen LogP contribution in [0.25, 0.3) is 0 Å². The molecule has 0 aliphatic heterocycles. The van der Waals surface area contributed by atoms with E-state index < -0.39 is 18.3 Å². The zero-order valence-electron chi connectivity index (χ0n) is 9.61. The van der Waals surface area contributed by atoms with Crippen LogP contribution in [0.5, 0.6) is 5.75 Å². The van der Waals surface area contributed by atoms with Gasteiger partial charge in [0.2, 0.25) is 5.78 Å². The molecule has 0 amide bonds. The second-order valence-electron chi connectivity index (χ2n) is 3.68. The van der Waals surface area contributed by atoms with Gasteiger partial charge < -0.3 is 4.74 Å². The van der Waals surface area contributed by atoms with Crippen molar-refractivity contribution in [3.05, 3.63) is 52.2 Å². The van der Waals surface area contributed by atoms with Crippen LogP contribution in [0.4, 0.5) is 13.2 Å². The number of halogens is 3. The SMILES string of the molecule is O=C(COc1ccccc1C(F)(F)F)c1cccs1. The molecule has 19 heavy (non-hydrogen) atoms. The first-order valence-electron chi connectivity index (χ1n) is 5.34. The van der Waals surface area contributed by atoms with E-state index in [9.17, 15) is 18.0 Å². The summed E-state index contributed by atoms with van der Waals surface area (Å²) in [5.41, 5.74) is -0.881. The maximum absolute atomic E-state index is 12.7. The van der Waals surface area contributed by atoms with Crippen LogP contribution in [-0.4, -0.2) is 12.4 Å². The predicted octanol–water partition coefficient (Wildman–Crippen LogP) is 4.03. The van der Waals surface area contributed by atoms with Crippen molar-refractivity contribution in [1.29, 1.82) is 0 Å². The number of benzene rings is 1. The van der Waals surface area contributed by atoms with E-state index in [1.54, 1.807) is 17.5 Å². The van der Waals surface area contributed by atoms with E-state index in [2.05, 4.69) is 0 Å². The zero-order chi connectivity index (χ0) is 13.9. The summed E-state index contributed by atoms with van der Waals surface area (Å²) in [5, 5.41) is 1.72. The van der Waals surface area contributed by atoms with Gasteiger partial charge in [-0.1, -0.05) is 18.2 Å². The van der Waals surface area contributed by atoms with E-state index in [1.165, 1.54) is 29.5 Å². The van der Waals surface area contributed by atoms with Gasteiger partial charge in [0.05, 0.1) is 10.4 Å². The molecule has 0 saturated heterocycles. The third-order valence-electron chi connectivity index (χ3n) is 2.35. The molecule has 2 nitrogen and oxygen atoms in total. The average molecular weight is 286 g/mol. The molecule has 0 aliphatic rings. The number of hydrogen-bond acceptors (Lipinski definition) is 3. The lowest BCUT2D eigenvalue weighted by molar-refractivity contribution is -0.138. The smallest absolute Gasteiger partial charge is 0.419 e. The Hall–Kier alpha value is -1.82. The van der Waals surface area contributed by atoms with Gasteiger partial charge in [0.15, 0.2) is 6.61 Å². The van der Waals surface area contributed by atoms with Gasteiger partial charge in [-0.2, -0.15) is 13.2 Å². The van der Waals surface area contributed by atoms with Gasteiger partial charge in [-0.25, -0.2) is 0 Å².